The molecule has 1 aromatic heterocycles. The van der Waals surface area contributed by atoms with E-state index < -0.39 is 18.0 Å². The van der Waals surface area contributed by atoms with Crippen LogP contribution in [0.3, 0.4) is 0 Å². The minimum atomic E-state index is -4.11. The maximum absolute atomic E-state index is 12.6. The Hall–Kier alpha value is -1.54. The van der Waals surface area contributed by atoms with Crippen molar-refractivity contribution in [2.75, 3.05) is 13.1 Å². The molecule has 2 heterocycles. The van der Waals surface area contributed by atoms with E-state index in [1.54, 1.807) is 13.0 Å². The molecule has 1 amide bonds. The van der Waals surface area contributed by atoms with Crippen LogP contribution in [-0.4, -0.2) is 30.1 Å². The molecule has 1 fully saturated rings. The van der Waals surface area contributed by atoms with Crippen molar-refractivity contribution in [3.05, 3.63) is 23.2 Å². The van der Waals surface area contributed by atoms with E-state index in [1.165, 1.54) is 0 Å². The Kier molecular flexibility index (Phi) is 4.58. The highest BCUT2D eigenvalue weighted by molar-refractivity contribution is 5.91. The number of likely N-dealkylation sites (tertiary alicyclic amines) is 1. The summed E-state index contributed by atoms with van der Waals surface area (Å²) < 4.78 is 43.1. The van der Waals surface area contributed by atoms with Crippen molar-refractivity contribution in [2.45, 2.75) is 32.5 Å². The number of carbonyl (C=O) groups excluding carboxylic acids is 1. The van der Waals surface area contributed by atoms with E-state index in [1.807, 2.05) is 10.3 Å². The van der Waals surface area contributed by atoms with Gasteiger partial charge in [0.25, 0.3) is 0 Å². The van der Waals surface area contributed by atoms with Crippen LogP contribution >= 0.6 is 0 Å². The van der Waals surface area contributed by atoms with Crippen LogP contribution in [0, 0.1) is 12.8 Å². The minimum Gasteiger partial charge on any atom is -0.456 e. The van der Waals surface area contributed by atoms with Crippen LogP contribution < -0.4 is 11.3 Å². The Bertz CT molecular complexity index is 505. The smallest absolute Gasteiger partial charge is 0.391 e. The van der Waals surface area contributed by atoms with E-state index in [2.05, 4.69) is 0 Å². The lowest BCUT2D eigenvalue weighted by molar-refractivity contribution is -0.185. The monoisotopic (exact) mass is 305 g/mol. The van der Waals surface area contributed by atoms with Gasteiger partial charge in [-0.2, -0.15) is 13.2 Å². The molecule has 0 radical (unpaired) electrons. The van der Waals surface area contributed by atoms with Gasteiger partial charge in [-0.3, -0.25) is 15.1 Å². The van der Waals surface area contributed by atoms with Gasteiger partial charge in [-0.25, -0.2) is 5.84 Å². The lowest BCUT2D eigenvalue weighted by Crippen LogP contribution is -2.38. The van der Waals surface area contributed by atoms with E-state index in [0.717, 1.165) is 5.56 Å². The third kappa shape index (κ3) is 3.76. The van der Waals surface area contributed by atoms with E-state index in [0.29, 0.717) is 25.4 Å². The molecule has 1 saturated heterocycles. The Morgan fingerprint density at radius 3 is 2.62 bits per heavy atom. The summed E-state index contributed by atoms with van der Waals surface area (Å²) >= 11 is 0. The fourth-order valence-electron chi connectivity index (χ4n) is 2.52. The van der Waals surface area contributed by atoms with Crippen LogP contribution in [0.25, 0.3) is 0 Å². The molecule has 0 atom stereocenters. The summed E-state index contributed by atoms with van der Waals surface area (Å²) in [6.45, 7) is 2.95. The number of carbonyl (C=O) groups is 1. The summed E-state index contributed by atoms with van der Waals surface area (Å²) in [5.41, 5.74) is 2.77. The second-order valence-electron chi connectivity index (χ2n) is 5.26. The third-order valence-corrected chi connectivity index (χ3v) is 3.82. The van der Waals surface area contributed by atoms with Gasteiger partial charge in [0, 0.05) is 12.1 Å². The number of aryl methyl sites for hydroxylation is 1. The number of nitrogen functional groups attached to an aromatic ring is 1. The zero-order valence-electron chi connectivity index (χ0n) is 11.7. The average molecular weight is 305 g/mol. The molecule has 1 aromatic rings. The Labute approximate surface area is 120 Å². The predicted molar refractivity (Wildman–Crippen MR) is 69.2 cm³/mol. The first-order valence-electron chi connectivity index (χ1n) is 6.70. The topological polar surface area (TPSA) is 71.5 Å². The van der Waals surface area contributed by atoms with Crippen molar-refractivity contribution in [3.63, 3.8) is 0 Å². The highest BCUT2D eigenvalue weighted by Gasteiger charge is 2.41. The molecule has 0 spiro atoms. The molecule has 1 aliphatic rings. The van der Waals surface area contributed by atoms with Crippen molar-refractivity contribution in [2.24, 2.45) is 11.8 Å². The summed E-state index contributed by atoms with van der Waals surface area (Å²) in [5, 5.41) is 0. The third-order valence-electron chi connectivity index (χ3n) is 3.82. The molecule has 21 heavy (non-hydrogen) atoms. The number of nitrogens with zero attached hydrogens (tertiary/aromatic N) is 1. The number of rotatable bonds is 3. The molecule has 0 aliphatic carbocycles. The highest BCUT2D eigenvalue weighted by Crippen LogP contribution is 2.34. The van der Waals surface area contributed by atoms with Crippen molar-refractivity contribution in [3.8, 4) is 0 Å². The molecule has 0 bridgehead atoms. The Morgan fingerprint density at radius 1 is 1.48 bits per heavy atom. The largest absolute Gasteiger partial charge is 0.456 e. The van der Waals surface area contributed by atoms with Crippen molar-refractivity contribution >= 4 is 5.91 Å². The van der Waals surface area contributed by atoms with Crippen LogP contribution in [-0.2, 0) is 6.54 Å². The van der Waals surface area contributed by atoms with Crippen LogP contribution in [0.4, 0.5) is 13.2 Å². The molecule has 0 saturated carbocycles. The molecule has 118 valence electrons. The fourth-order valence-corrected chi connectivity index (χ4v) is 2.52. The van der Waals surface area contributed by atoms with Crippen LogP contribution in [0.15, 0.2) is 10.5 Å². The number of hydrazine groups is 1. The van der Waals surface area contributed by atoms with Crippen LogP contribution in [0.1, 0.15) is 34.7 Å². The van der Waals surface area contributed by atoms with Crippen molar-refractivity contribution < 1.29 is 22.4 Å². The number of amides is 1. The van der Waals surface area contributed by atoms with Crippen molar-refractivity contribution in [1.82, 2.24) is 10.3 Å². The minimum absolute atomic E-state index is 0.107. The number of furan rings is 1. The van der Waals surface area contributed by atoms with Gasteiger partial charge in [-0.1, -0.05) is 0 Å². The van der Waals surface area contributed by atoms with Gasteiger partial charge in [0.15, 0.2) is 5.76 Å². The number of hydrogen-bond donors (Lipinski definition) is 2. The lowest BCUT2D eigenvalue weighted by Gasteiger charge is -2.32. The van der Waals surface area contributed by atoms with Gasteiger partial charge in [-0.05, 0) is 38.9 Å². The van der Waals surface area contributed by atoms with E-state index in [9.17, 15) is 18.0 Å². The summed E-state index contributed by atoms with van der Waals surface area (Å²) in [7, 11) is 0. The van der Waals surface area contributed by atoms with Gasteiger partial charge >= 0.3 is 12.1 Å². The molecule has 8 heteroatoms. The second-order valence-corrected chi connectivity index (χ2v) is 5.26. The maximum atomic E-state index is 12.6. The molecular weight excluding hydrogens is 287 g/mol. The van der Waals surface area contributed by atoms with E-state index >= 15 is 0 Å². The molecule has 0 unspecified atom stereocenters. The number of nitrogens with two attached hydrogens (primary N) is 1. The Balaban J connectivity index is 1.95. The van der Waals surface area contributed by atoms with Crippen LogP contribution in [0.2, 0.25) is 0 Å². The molecule has 1 aliphatic heterocycles. The SMILES string of the molecule is Cc1oc(C(=O)NN)cc1CN1CCC(C(F)(F)F)CC1. The molecule has 3 N–H and O–H groups in total. The molecule has 2 rings (SSSR count). The highest BCUT2D eigenvalue weighted by atomic mass is 19.4. The summed E-state index contributed by atoms with van der Waals surface area (Å²) in [6, 6.07) is 1.58. The number of halogens is 3. The summed E-state index contributed by atoms with van der Waals surface area (Å²) in [5.74, 6) is 3.97. The number of hydrogen-bond acceptors (Lipinski definition) is 4. The normalized spacial score (nSPS) is 18.0. The zero-order chi connectivity index (χ0) is 15.6. The Morgan fingerprint density at radius 2 is 2.10 bits per heavy atom. The summed E-state index contributed by atoms with van der Waals surface area (Å²) in [4.78, 5) is 13.3. The second kappa shape index (κ2) is 6.07. The van der Waals surface area contributed by atoms with Gasteiger partial charge in [0.05, 0.1) is 5.92 Å². The number of piperidine rings is 1. The number of alkyl halides is 3. The maximum Gasteiger partial charge on any atom is 0.391 e. The summed E-state index contributed by atoms with van der Waals surface area (Å²) in [6.07, 6.45) is -3.89. The van der Waals surface area contributed by atoms with Crippen molar-refractivity contribution in [1.29, 1.82) is 0 Å². The van der Waals surface area contributed by atoms with Gasteiger partial charge in [0.1, 0.15) is 5.76 Å². The van der Waals surface area contributed by atoms with Crippen LogP contribution in [0.5, 0.6) is 0 Å². The fraction of sp³-hybridized carbons (Fsp3) is 0.615. The predicted octanol–water partition coefficient (Wildman–Crippen LogP) is 1.97. The van der Waals surface area contributed by atoms with E-state index in [-0.39, 0.29) is 18.6 Å². The zero-order valence-corrected chi connectivity index (χ0v) is 11.7. The first-order chi connectivity index (χ1) is 9.81. The first kappa shape index (κ1) is 15.8. The molecular formula is C13H18F3N3O2. The average Bonchev–Trinajstić information content (AvgIpc) is 2.79. The quantitative estimate of drug-likeness (QED) is 0.509. The van der Waals surface area contributed by atoms with Gasteiger partial charge in [0.2, 0.25) is 0 Å². The first-order valence-corrected chi connectivity index (χ1v) is 6.70. The standard InChI is InChI=1S/C13H18F3N3O2/c1-8-9(6-11(21-8)12(20)18-17)7-19-4-2-10(3-5-19)13(14,15)16/h6,10H,2-5,7,17H2,1H3,(H,18,20). The molecule has 0 aromatic carbocycles. The van der Waals surface area contributed by atoms with Gasteiger partial charge < -0.3 is 4.42 Å². The van der Waals surface area contributed by atoms with E-state index in [4.69, 9.17) is 10.3 Å². The molecule has 5 nitrogen and oxygen atoms in total. The lowest BCUT2D eigenvalue weighted by atomic mass is 9.96. The number of nitrogens with one attached hydrogen (secondary N) is 1. The van der Waals surface area contributed by atoms with Gasteiger partial charge in [-0.15, -0.1) is 0 Å².